The number of aromatic nitrogens is 2. The van der Waals surface area contributed by atoms with Crippen LogP contribution in [0.1, 0.15) is 39.7 Å². The molecule has 2 heterocycles. The van der Waals surface area contributed by atoms with Crippen molar-refractivity contribution in [1.82, 2.24) is 14.0 Å². The molecule has 25 heavy (non-hydrogen) atoms. The summed E-state index contributed by atoms with van der Waals surface area (Å²) in [6.45, 7) is 9.21. The summed E-state index contributed by atoms with van der Waals surface area (Å²) >= 11 is 5.76. The second-order valence-electron chi connectivity index (χ2n) is 6.95. The Morgan fingerprint density at radius 1 is 1.24 bits per heavy atom. The zero-order chi connectivity index (χ0) is 18.0. The summed E-state index contributed by atoms with van der Waals surface area (Å²) in [4.78, 5) is 14.3. The third-order valence-electron chi connectivity index (χ3n) is 4.93. The minimum atomic E-state index is -0.0461. The minimum Gasteiger partial charge on any atom is -0.466 e. The third-order valence-corrected chi connectivity index (χ3v) is 5.35. The number of rotatable bonds is 5. The van der Waals surface area contributed by atoms with Gasteiger partial charge in [0.25, 0.3) is 0 Å². The van der Waals surface area contributed by atoms with E-state index in [4.69, 9.17) is 17.0 Å². The number of hydrogen-bond acceptors (Lipinski definition) is 4. The largest absolute Gasteiger partial charge is 0.466 e. The molecule has 5 nitrogen and oxygen atoms in total. The molecule has 1 aliphatic heterocycles. The van der Waals surface area contributed by atoms with Gasteiger partial charge in [0, 0.05) is 19.1 Å². The highest BCUT2D eigenvalue weighted by Gasteiger charge is 2.26. The fourth-order valence-corrected chi connectivity index (χ4v) is 4.10. The van der Waals surface area contributed by atoms with Gasteiger partial charge in [-0.1, -0.05) is 12.1 Å². The Labute approximate surface area is 154 Å². The lowest BCUT2D eigenvalue weighted by Crippen LogP contribution is -2.38. The number of imidazole rings is 1. The van der Waals surface area contributed by atoms with Crippen molar-refractivity contribution in [2.75, 3.05) is 19.7 Å². The number of ether oxygens (including phenoxy) is 1. The van der Waals surface area contributed by atoms with Crippen molar-refractivity contribution in [3.8, 4) is 0 Å². The van der Waals surface area contributed by atoms with E-state index in [0.717, 1.165) is 37.4 Å². The maximum atomic E-state index is 11.9. The molecule has 0 amide bonds. The molecule has 0 radical (unpaired) electrons. The molecule has 2 aromatic rings. The molecule has 136 valence electrons. The van der Waals surface area contributed by atoms with Crippen molar-refractivity contribution in [3.05, 3.63) is 29.0 Å². The van der Waals surface area contributed by atoms with Crippen molar-refractivity contribution in [2.24, 2.45) is 5.92 Å². The van der Waals surface area contributed by atoms with E-state index < -0.39 is 0 Å². The van der Waals surface area contributed by atoms with Crippen molar-refractivity contribution in [3.63, 3.8) is 0 Å². The molecule has 1 aromatic heterocycles. The number of nitrogens with zero attached hydrogens (tertiary/aromatic N) is 3. The molecule has 1 fully saturated rings. The topological polar surface area (TPSA) is 39.4 Å². The summed E-state index contributed by atoms with van der Waals surface area (Å²) in [5.41, 5.74) is 2.36. The Morgan fingerprint density at radius 2 is 1.88 bits per heavy atom. The van der Waals surface area contributed by atoms with Gasteiger partial charge in [-0.15, -0.1) is 0 Å². The molecular formula is C19H27N3O2S. The number of hydrogen-bond donors (Lipinski definition) is 0. The molecule has 0 bridgehead atoms. The fourth-order valence-electron chi connectivity index (χ4n) is 3.64. The first-order valence-corrected chi connectivity index (χ1v) is 9.52. The van der Waals surface area contributed by atoms with Crippen LogP contribution in [-0.4, -0.2) is 39.7 Å². The summed E-state index contributed by atoms with van der Waals surface area (Å²) < 4.78 is 10.5. The lowest BCUT2D eigenvalue weighted by Gasteiger charge is -2.31. The zero-order valence-corrected chi connectivity index (χ0v) is 16.1. The molecule has 3 rings (SSSR count). The lowest BCUT2D eigenvalue weighted by atomic mass is 9.97. The van der Waals surface area contributed by atoms with Gasteiger partial charge in [-0.2, -0.15) is 0 Å². The maximum absolute atomic E-state index is 11.9. The van der Waals surface area contributed by atoms with E-state index in [2.05, 4.69) is 52.1 Å². The Balaban J connectivity index is 1.78. The van der Waals surface area contributed by atoms with E-state index in [9.17, 15) is 4.79 Å². The second-order valence-corrected chi connectivity index (χ2v) is 7.31. The maximum Gasteiger partial charge on any atom is 0.309 e. The highest BCUT2D eigenvalue weighted by molar-refractivity contribution is 7.71. The Morgan fingerprint density at radius 3 is 2.48 bits per heavy atom. The van der Waals surface area contributed by atoms with Crippen molar-refractivity contribution >= 4 is 29.2 Å². The number of piperidine rings is 1. The van der Waals surface area contributed by atoms with E-state index in [1.54, 1.807) is 0 Å². The fraction of sp³-hybridized carbons (Fsp3) is 0.579. The van der Waals surface area contributed by atoms with Gasteiger partial charge in [-0.05, 0) is 58.0 Å². The predicted molar refractivity (Wildman–Crippen MR) is 102 cm³/mol. The van der Waals surface area contributed by atoms with E-state index in [1.807, 2.05) is 6.92 Å². The number of para-hydroxylation sites is 2. The Hall–Kier alpha value is -1.66. The highest BCUT2D eigenvalue weighted by atomic mass is 32.1. The lowest BCUT2D eigenvalue weighted by molar-refractivity contribution is -0.149. The molecule has 0 saturated carbocycles. The van der Waals surface area contributed by atoms with Gasteiger partial charge in [0.05, 0.1) is 30.2 Å². The van der Waals surface area contributed by atoms with Crippen LogP contribution in [0, 0.1) is 10.7 Å². The Bertz CT molecular complexity index is 801. The van der Waals surface area contributed by atoms with Crippen LogP contribution >= 0.6 is 12.2 Å². The molecular weight excluding hydrogens is 334 g/mol. The smallest absolute Gasteiger partial charge is 0.309 e. The first kappa shape index (κ1) is 18.1. The van der Waals surface area contributed by atoms with Crippen LogP contribution in [0.5, 0.6) is 0 Å². The van der Waals surface area contributed by atoms with E-state index >= 15 is 0 Å². The van der Waals surface area contributed by atoms with Crippen LogP contribution in [0.2, 0.25) is 0 Å². The van der Waals surface area contributed by atoms with Crippen LogP contribution < -0.4 is 0 Å². The number of benzene rings is 1. The molecule has 0 atom stereocenters. The number of esters is 1. The van der Waals surface area contributed by atoms with Gasteiger partial charge < -0.3 is 13.9 Å². The Kier molecular flexibility index (Phi) is 5.59. The van der Waals surface area contributed by atoms with Crippen LogP contribution in [0.3, 0.4) is 0 Å². The van der Waals surface area contributed by atoms with E-state index in [1.165, 1.54) is 11.0 Å². The average molecular weight is 362 g/mol. The highest BCUT2D eigenvalue weighted by Crippen LogP contribution is 2.24. The van der Waals surface area contributed by atoms with Crippen LogP contribution in [-0.2, 0) is 16.2 Å². The van der Waals surface area contributed by atoms with E-state index in [-0.39, 0.29) is 11.9 Å². The third kappa shape index (κ3) is 3.65. The number of carbonyl (C=O) groups is 1. The summed E-state index contributed by atoms with van der Waals surface area (Å²) in [5, 5.41) is 0. The SMILES string of the molecule is CCOC(=O)C1CCN(Cn2c(=S)n(C(C)C)c3ccccc32)CC1. The molecule has 1 aromatic carbocycles. The first-order chi connectivity index (χ1) is 12.0. The van der Waals surface area contributed by atoms with Crippen molar-refractivity contribution in [1.29, 1.82) is 0 Å². The van der Waals surface area contributed by atoms with Crippen LogP contribution in [0.25, 0.3) is 11.0 Å². The molecule has 1 aliphatic rings. The number of likely N-dealkylation sites (tertiary alicyclic amines) is 1. The van der Waals surface area contributed by atoms with Crippen molar-refractivity contribution in [2.45, 2.75) is 46.3 Å². The predicted octanol–water partition coefficient (Wildman–Crippen LogP) is 3.99. The molecule has 0 spiro atoms. The van der Waals surface area contributed by atoms with Gasteiger partial charge in [-0.25, -0.2) is 0 Å². The molecule has 0 aliphatic carbocycles. The van der Waals surface area contributed by atoms with Gasteiger partial charge >= 0.3 is 5.97 Å². The quantitative estimate of drug-likeness (QED) is 0.596. The molecule has 6 heteroatoms. The normalized spacial score (nSPS) is 16.6. The summed E-state index contributed by atoms with van der Waals surface area (Å²) in [6, 6.07) is 8.72. The summed E-state index contributed by atoms with van der Waals surface area (Å²) in [6.07, 6.45) is 1.71. The number of fused-ring (bicyclic) bond motifs is 1. The summed E-state index contributed by atoms with van der Waals surface area (Å²) in [5.74, 6) is -0.00338. The summed E-state index contributed by atoms with van der Waals surface area (Å²) in [7, 11) is 0. The van der Waals surface area contributed by atoms with Gasteiger partial charge in [0.15, 0.2) is 4.77 Å². The molecule has 0 N–H and O–H groups in total. The number of carbonyl (C=O) groups excluding carboxylic acids is 1. The molecule has 1 saturated heterocycles. The second kappa shape index (κ2) is 7.70. The average Bonchev–Trinajstić information content (AvgIpc) is 2.88. The van der Waals surface area contributed by atoms with Crippen LogP contribution in [0.15, 0.2) is 24.3 Å². The monoisotopic (exact) mass is 361 g/mol. The van der Waals surface area contributed by atoms with Gasteiger partial charge in [0.2, 0.25) is 0 Å². The van der Waals surface area contributed by atoms with Crippen LogP contribution in [0.4, 0.5) is 0 Å². The minimum absolute atomic E-state index is 0.0428. The van der Waals surface area contributed by atoms with E-state index in [0.29, 0.717) is 12.6 Å². The van der Waals surface area contributed by atoms with Crippen molar-refractivity contribution < 1.29 is 9.53 Å². The van der Waals surface area contributed by atoms with Gasteiger partial charge in [0.1, 0.15) is 0 Å². The van der Waals surface area contributed by atoms with Gasteiger partial charge in [-0.3, -0.25) is 9.69 Å². The zero-order valence-electron chi connectivity index (χ0n) is 15.3. The first-order valence-electron chi connectivity index (χ1n) is 9.11. The molecule has 0 unspecified atom stereocenters. The standard InChI is InChI=1S/C19H27N3O2S/c1-4-24-18(23)15-9-11-20(12-10-15)13-21-16-7-5-6-8-17(16)22(14(2)3)19(21)25/h5-8,14-15H,4,9-13H2,1-3H3.